The number of hydrogen-bond acceptors (Lipinski definition) is 7. The number of thiocarbonyl (C=S) groups is 1. The van der Waals surface area contributed by atoms with E-state index in [4.69, 9.17) is 21.7 Å². The highest BCUT2D eigenvalue weighted by Gasteiger charge is 2.31. The second-order valence-corrected chi connectivity index (χ2v) is 9.43. The summed E-state index contributed by atoms with van der Waals surface area (Å²) in [5.41, 5.74) is 1.84. The van der Waals surface area contributed by atoms with Gasteiger partial charge in [0.25, 0.3) is 5.91 Å². The van der Waals surface area contributed by atoms with Gasteiger partial charge in [-0.3, -0.25) is 14.5 Å². The van der Waals surface area contributed by atoms with Crippen LogP contribution in [-0.4, -0.2) is 41.9 Å². The minimum Gasteiger partial charge on any atom is -0.493 e. The average Bonchev–Trinajstić information content (AvgIpc) is 3.06. The number of carbonyl (C=O) groups excluding carboxylic acids is 2. The minimum atomic E-state index is -0.305. The molecule has 0 unspecified atom stereocenters. The van der Waals surface area contributed by atoms with Gasteiger partial charge in [0.05, 0.1) is 19.1 Å². The number of methoxy groups -OCH3 is 2. The summed E-state index contributed by atoms with van der Waals surface area (Å²) in [6.45, 7) is 0.788. The van der Waals surface area contributed by atoms with Crippen LogP contribution in [-0.2, 0) is 20.9 Å². The second kappa shape index (κ2) is 11.5. The average molecular weight is 536 g/mol. The van der Waals surface area contributed by atoms with Crippen molar-refractivity contribution in [2.24, 2.45) is 0 Å². The largest absolute Gasteiger partial charge is 0.493 e. The fraction of sp³-hybridized carbons (Fsp3) is 0.261. The topological polar surface area (TPSA) is 65.1 Å². The minimum absolute atomic E-state index is 0.167. The van der Waals surface area contributed by atoms with Crippen LogP contribution in [0.1, 0.15) is 24.0 Å². The van der Waals surface area contributed by atoms with Gasteiger partial charge in [-0.15, -0.1) is 0 Å². The van der Waals surface area contributed by atoms with Gasteiger partial charge in [-0.05, 0) is 47.9 Å². The third kappa shape index (κ3) is 6.34. The number of amides is 1. The van der Waals surface area contributed by atoms with Crippen molar-refractivity contribution in [2.45, 2.75) is 19.4 Å². The third-order valence-electron chi connectivity index (χ3n) is 4.66. The van der Waals surface area contributed by atoms with E-state index in [-0.39, 0.29) is 18.3 Å². The SMILES string of the molecule is COC(=O)CCCN1C(=O)/C(=C\c2ccc(OCc3ccc(Br)cc3)c(OC)c2)SC1=S. The maximum absolute atomic E-state index is 12.7. The molecule has 2 aromatic rings. The van der Waals surface area contributed by atoms with E-state index in [9.17, 15) is 9.59 Å². The van der Waals surface area contributed by atoms with Gasteiger partial charge >= 0.3 is 5.97 Å². The van der Waals surface area contributed by atoms with E-state index in [1.165, 1.54) is 23.8 Å². The Kier molecular flexibility index (Phi) is 8.72. The molecular formula is C23H22BrNO5S2. The molecule has 0 saturated carbocycles. The first kappa shape index (κ1) is 24.3. The molecule has 0 N–H and O–H groups in total. The van der Waals surface area contributed by atoms with Crippen LogP contribution in [0.3, 0.4) is 0 Å². The van der Waals surface area contributed by atoms with E-state index in [1.807, 2.05) is 42.5 Å². The van der Waals surface area contributed by atoms with Crippen LogP contribution in [0, 0.1) is 0 Å². The Morgan fingerprint density at radius 3 is 2.59 bits per heavy atom. The van der Waals surface area contributed by atoms with Gasteiger partial charge < -0.3 is 14.2 Å². The molecule has 0 atom stereocenters. The summed E-state index contributed by atoms with van der Waals surface area (Å²) in [5, 5.41) is 0. The smallest absolute Gasteiger partial charge is 0.305 e. The maximum Gasteiger partial charge on any atom is 0.305 e. The molecular weight excluding hydrogens is 514 g/mol. The van der Waals surface area contributed by atoms with Crippen molar-refractivity contribution in [2.75, 3.05) is 20.8 Å². The molecule has 1 amide bonds. The lowest BCUT2D eigenvalue weighted by Gasteiger charge is -2.13. The summed E-state index contributed by atoms with van der Waals surface area (Å²) in [6.07, 6.45) is 2.51. The van der Waals surface area contributed by atoms with Gasteiger partial charge in [0, 0.05) is 17.4 Å². The molecule has 168 valence electrons. The molecule has 1 aliphatic heterocycles. The molecule has 0 aliphatic carbocycles. The van der Waals surface area contributed by atoms with Crippen LogP contribution in [0.4, 0.5) is 0 Å². The molecule has 9 heteroatoms. The lowest BCUT2D eigenvalue weighted by atomic mass is 10.1. The Bertz CT molecular complexity index is 1040. The van der Waals surface area contributed by atoms with E-state index in [0.717, 1.165) is 15.6 Å². The van der Waals surface area contributed by atoms with Crippen LogP contribution >= 0.6 is 39.9 Å². The number of rotatable bonds is 9. The molecule has 1 aliphatic rings. The van der Waals surface area contributed by atoms with Crippen LogP contribution in [0.2, 0.25) is 0 Å². The van der Waals surface area contributed by atoms with Crippen molar-refractivity contribution >= 4 is 62.2 Å². The highest BCUT2D eigenvalue weighted by atomic mass is 79.9. The van der Waals surface area contributed by atoms with Crippen molar-refractivity contribution in [3.05, 3.63) is 63.0 Å². The van der Waals surface area contributed by atoms with Crippen molar-refractivity contribution in [1.82, 2.24) is 4.90 Å². The number of ether oxygens (including phenoxy) is 3. The summed E-state index contributed by atoms with van der Waals surface area (Å²) in [6, 6.07) is 13.4. The Morgan fingerprint density at radius 2 is 1.91 bits per heavy atom. The first-order valence-corrected chi connectivity index (χ1v) is 11.8. The Labute approximate surface area is 205 Å². The zero-order chi connectivity index (χ0) is 23.1. The zero-order valence-corrected chi connectivity index (χ0v) is 20.8. The molecule has 2 aromatic carbocycles. The summed E-state index contributed by atoms with van der Waals surface area (Å²) in [5.74, 6) is 0.715. The first-order valence-electron chi connectivity index (χ1n) is 9.78. The van der Waals surface area contributed by atoms with E-state index >= 15 is 0 Å². The van der Waals surface area contributed by atoms with Crippen molar-refractivity contribution < 1.29 is 23.8 Å². The molecule has 0 radical (unpaired) electrons. The predicted octanol–water partition coefficient (Wildman–Crippen LogP) is 5.19. The fourth-order valence-electron chi connectivity index (χ4n) is 2.96. The molecule has 1 fully saturated rings. The van der Waals surface area contributed by atoms with Gasteiger partial charge in [-0.1, -0.05) is 58.1 Å². The van der Waals surface area contributed by atoms with Gasteiger partial charge in [-0.2, -0.15) is 0 Å². The number of thioether (sulfide) groups is 1. The molecule has 6 nitrogen and oxygen atoms in total. The van der Waals surface area contributed by atoms with Gasteiger partial charge in [0.15, 0.2) is 11.5 Å². The van der Waals surface area contributed by atoms with Crippen LogP contribution < -0.4 is 9.47 Å². The summed E-state index contributed by atoms with van der Waals surface area (Å²) < 4.78 is 17.5. The van der Waals surface area contributed by atoms with E-state index in [2.05, 4.69) is 20.7 Å². The van der Waals surface area contributed by atoms with Crippen LogP contribution in [0.15, 0.2) is 51.8 Å². The van der Waals surface area contributed by atoms with Crippen molar-refractivity contribution in [3.63, 3.8) is 0 Å². The van der Waals surface area contributed by atoms with Crippen LogP contribution in [0.5, 0.6) is 11.5 Å². The lowest BCUT2D eigenvalue weighted by molar-refractivity contribution is -0.141. The number of esters is 1. The number of benzene rings is 2. The van der Waals surface area contributed by atoms with Crippen molar-refractivity contribution in [3.8, 4) is 11.5 Å². The number of nitrogens with zero attached hydrogens (tertiary/aromatic N) is 1. The summed E-state index contributed by atoms with van der Waals surface area (Å²) in [7, 11) is 2.92. The van der Waals surface area contributed by atoms with E-state index in [1.54, 1.807) is 13.2 Å². The standard InChI is InChI=1S/C23H22BrNO5S2/c1-28-19-12-16(7-10-18(19)30-14-15-5-8-17(24)9-6-15)13-20-22(27)25(23(31)32-20)11-3-4-21(26)29-2/h5-10,12-13H,3-4,11,14H2,1-2H3/b20-13+. The van der Waals surface area contributed by atoms with Gasteiger partial charge in [-0.25, -0.2) is 0 Å². The molecule has 3 rings (SSSR count). The van der Waals surface area contributed by atoms with Crippen LogP contribution in [0.25, 0.3) is 6.08 Å². The maximum atomic E-state index is 12.7. The molecule has 1 heterocycles. The quantitative estimate of drug-likeness (QED) is 0.248. The predicted molar refractivity (Wildman–Crippen MR) is 133 cm³/mol. The molecule has 32 heavy (non-hydrogen) atoms. The van der Waals surface area contributed by atoms with Crippen molar-refractivity contribution in [1.29, 1.82) is 0 Å². The molecule has 1 saturated heterocycles. The van der Waals surface area contributed by atoms with Gasteiger partial charge in [0.2, 0.25) is 0 Å². The first-order chi connectivity index (χ1) is 15.4. The van der Waals surface area contributed by atoms with Gasteiger partial charge in [0.1, 0.15) is 10.9 Å². The van der Waals surface area contributed by atoms with E-state index < -0.39 is 0 Å². The molecule has 0 spiro atoms. The highest BCUT2D eigenvalue weighted by Crippen LogP contribution is 2.35. The number of halogens is 1. The monoisotopic (exact) mass is 535 g/mol. The fourth-order valence-corrected chi connectivity index (χ4v) is 4.54. The lowest BCUT2D eigenvalue weighted by Crippen LogP contribution is -2.29. The summed E-state index contributed by atoms with van der Waals surface area (Å²) >= 11 is 10.0. The molecule has 0 bridgehead atoms. The van der Waals surface area contributed by atoms with E-state index in [0.29, 0.717) is 40.3 Å². The normalized spacial score (nSPS) is 14.7. The Morgan fingerprint density at radius 1 is 1.16 bits per heavy atom. The zero-order valence-electron chi connectivity index (χ0n) is 17.6. The summed E-state index contributed by atoms with van der Waals surface area (Å²) in [4.78, 5) is 26.1. The third-order valence-corrected chi connectivity index (χ3v) is 6.56. The highest BCUT2D eigenvalue weighted by molar-refractivity contribution is 9.10. The number of carbonyl (C=O) groups is 2. The molecule has 0 aromatic heterocycles. The Balaban J connectivity index is 1.67. The Hall–Kier alpha value is -2.36. The second-order valence-electron chi connectivity index (χ2n) is 6.84. The number of hydrogen-bond donors (Lipinski definition) is 0.